The molecule has 6 heteroatoms. The van der Waals surface area contributed by atoms with Gasteiger partial charge in [0.15, 0.2) is 6.10 Å². The zero-order valence-corrected chi connectivity index (χ0v) is 10.3. The predicted octanol–water partition coefficient (Wildman–Crippen LogP) is 0.407. The molecule has 0 heterocycles. The monoisotopic (exact) mass is 252 g/mol. The second-order valence-corrected chi connectivity index (χ2v) is 3.84. The molecule has 0 aliphatic carbocycles. The summed E-state index contributed by atoms with van der Waals surface area (Å²) in [6, 6.07) is 4.86. The minimum absolute atomic E-state index is 0.0892. The van der Waals surface area contributed by atoms with Gasteiger partial charge in [-0.1, -0.05) is 0 Å². The van der Waals surface area contributed by atoms with E-state index in [2.05, 4.69) is 5.32 Å². The first-order valence-electron chi connectivity index (χ1n) is 5.35. The summed E-state index contributed by atoms with van der Waals surface area (Å²) < 4.78 is 4.71. The molecule has 98 valence electrons. The summed E-state index contributed by atoms with van der Waals surface area (Å²) in [5.74, 6) is -1.48. The second-order valence-electron chi connectivity index (χ2n) is 3.84. The lowest BCUT2D eigenvalue weighted by Crippen LogP contribution is -2.37. The number of carbonyl (C=O) groups is 2. The molecule has 1 unspecified atom stereocenters. The summed E-state index contributed by atoms with van der Waals surface area (Å²) >= 11 is 0. The van der Waals surface area contributed by atoms with Gasteiger partial charge in [-0.25, -0.2) is 4.79 Å². The number of anilines is 1. The fourth-order valence-corrected chi connectivity index (χ4v) is 1.38. The number of hydrogen-bond acceptors (Lipinski definition) is 4. The molecule has 18 heavy (non-hydrogen) atoms. The number of nitrogens with two attached hydrogens (primary N) is 1. The van der Waals surface area contributed by atoms with Crippen LogP contribution in [0.5, 0.6) is 0 Å². The van der Waals surface area contributed by atoms with Crippen LogP contribution in [0.4, 0.5) is 5.69 Å². The van der Waals surface area contributed by atoms with Crippen LogP contribution in [0.25, 0.3) is 0 Å². The van der Waals surface area contributed by atoms with Gasteiger partial charge in [0, 0.05) is 18.4 Å². The molecule has 1 atom stereocenters. The molecule has 4 N–H and O–H groups in total. The Kier molecular flexibility index (Phi) is 4.67. The number of nitrogen functional groups attached to an aromatic ring is 1. The van der Waals surface area contributed by atoms with E-state index in [4.69, 9.17) is 15.6 Å². The largest absolute Gasteiger partial charge is 0.479 e. The van der Waals surface area contributed by atoms with Crippen molar-refractivity contribution < 1.29 is 19.4 Å². The molecular weight excluding hydrogens is 236 g/mol. The fraction of sp³-hybridized carbons (Fsp3) is 0.333. The molecule has 0 spiro atoms. The van der Waals surface area contributed by atoms with Gasteiger partial charge in [0.05, 0.1) is 6.54 Å². The first-order valence-corrected chi connectivity index (χ1v) is 5.35. The first-order chi connectivity index (χ1) is 8.45. The molecule has 6 nitrogen and oxygen atoms in total. The number of aryl methyl sites for hydroxylation is 1. The average molecular weight is 252 g/mol. The third kappa shape index (κ3) is 3.46. The summed E-state index contributed by atoms with van der Waals surface area (Å²) in [5.41, 5.74) is 7.47. The summed E-state index contributed by atoms with van der Waals surface area (Å²) in [6.07, 6.45) is -1.05. The predicted molar refractivity (Wildman–Crippen MR) is 66.4 cm³/mol. The Hall–Kier alpha value is -2.08. The number of benzene rings is 1. The third-order valence-electron chi connectivity index (χ3n) is 2.54. The summed E-state index contributed by atoms with van der Waals surface area (Å²) in [4.78, 5) is 22.4. The van der Waals surface area contributed by atoms with Gasteiger partial charge in [-0.3, -0.25) is 4.79 Å². The molecular formula is C12H16N2O4. The van der Waals surface area contributed by atoms with Crippen molar-refractivity contribution in [2.24, 2.45) is 0 Å². The molecule has 1 rings (SSSR count). The van der Waals surface area contributed by atoms with E-state index in [9.17, 15) is 9.59 Å². The first kappa shape index (κ1) is 14.0. The molecule has 1 amide bonds. The highest BCUT2D eigenvalue weighted by atomic mass is 16.5. The van der Waals surface area contributed by atoms with Gasteiger partial charge in [0.1, 0.15) is 0 Å². The number of carboxylic acid groups (broad SMARTS) is 1. The standard InChI is InChI=1S/C12H16N2O4/c1-7-5-8(3-4-9(7)13)11(15)14-6-10(18-2)12(16)17/h3-5,10H,6,13H2,1-2H3,(H,14,15)(H,16,17). The molecule has 0 aliphatic heterocycles. The van der Waals surface area contributed by atoms with E-state index in [0.717, 1.165) is 5.56 Å². The maximum absolute atomic E-state index is 11.8. The topological polar surface area (TPSA) is 102 Å². The Balaban J connectivity index is 2.65. The van der Waals surface area contributed by atoms with Crippen molar-refractivity contribution in [1.82, 2.24) is 5.32 Å². The smallest absolute Gasteiger partial charge is 0.334 e. The molecule has 0 aliphatic rings. The van der Waals surface area contributed by atoms with E-state index in [-0.39, 0.29) is 12.5 Å². The molecule has 0 saturated heterocycles. The number of rotatable bonds is 5. The van der Waals surface area contributed by atoms with Gasteiger partial charge < -0.3 is 20.9 Å². The second kappa shape index (κ2) is 6.02. The van der Waals surface area contributed by atoms with Crippen molar-refractivity contribution >= 4 is 17.6 Å². The van der Waals surface area contributed by atoms with Crippen molar-refractivity contribution in [2.45, 2.75) is 13.0 Å². The van der Waals surface area contributed by atoms with Gasteiger partial charge in [-0.05, 0) is 30.7 Å². The lowest BCUT2D eigenvalue weighted by atomic mass is 10.1. The summed E-state index contributed by atoms with van der Waals surface area (Å²) in [7, 11) is 1.28. The minimum atomic E-state index is -1.12. The van der Waals surface area contributed by atoms with E-state index >= 15 is 0 Å². The molecule has 0 radical (unpaired) electrons. The quantitative estimate of drug-likeness (QED) is 0.659. The van der Waals surface area contributed by atoms with E-state index in [0.29, 0.717) is 11.3 Å². The molecule has 0 saturated carbocycles. The highest BCUT2D eigenvalue weighted by Crippen LogP contribution is 2.12. The van der Waals surface area contributed by atoms with Crippen LogP contribution >= 0.6 is 0 Å². The average Bonchev–Trinajstić information content (AvgIpc) is 2.32. The normalized spacial score (nSPS) is 11.9. The molecule has 0 bridgehead atoms. The number of methoxy groups -OCH3 is 1. The number of nitrogens with one attached hydrogen (secondary N) is 1. The van der Waals surface area contributed by atoms with Crippen LogP contribution in [0.2, 0.25) is 0 Å². The van der Waals surface area contributed by atoms with Crippen molar-refractivity contribution in [3.63, 3.8) is 0 Å². The molecule has 1 aromatic rings. The maximum Gasteiger partial charge on any atom is 0.334 e. The van der Waals surface area contributed by atoms with Crippen LogP contribution in [0.3, 0.4) is 0 Å². The molecule has 0 fully saturated rings. The van der Waals surface area contributed by atoms with E-state index < -0.39 is 12.1 Å². The summed E-state index contributed by atoms with van der Waals surface area (Å²) in [6.45, 7) is 1.70. The Morgan fingerprint density at radius 1 is 1.50 bits per heavy atom. The lowest BCUT2D eigenvalue weighted by Gasteiger charge is -2.12. The van der Waals surface area contributed by atoms with Crippen LogP contribution < -0.4 is 11.1 Å². The third-order valence-corrected chi connectivity index (χ3v) is 2.54. The number of ether oxygens (including phenoxy) is 1. The van der Waals surface area contributed by atoms with Crippen molar-refractivity contribution in [3.05, 3.63) is 29.3 Å². The summed E-state index contributed by atoms with van der Waals surface area (Å²) in [5, 5.41) is 11.2. The molecule has 0 aromatic heterocycles. The Morgan fingerprint density at radius 2 is 2.17 bits per heavy atom. The molecule has 1 aromatic carbocycles. The van der Waals surface area contributed by atoms with Crippen LogP contribution in [0.15, 0.2) is 18.2 Å². The van der Waals surface area contributed by atoms with Gasteiger partial charge >= 0.3 is 5.97 Å². The van der Waals surface area contributed by atoms with Gasteiger partial charge in [0.25, 0.3) is 5.91 Å². The maximum atomic E-state index is 11.8. The highest BCUT2D eigenvalue weighted by molar-refractivity contribution is 5.95. The Morgan fingerprint density at radius 3 is 2.67 bits per heavy atom. The van der Waals surface area contributed by atoms with Gasteiger partial charge in [-0.15, -0.1) is 0 Å². The SMILES string of the molecule is COC(CNC(=O)c1ccc(N)c(C)c1)C(=O)O. The zero-order chi connectivity index (χ0) is 13.7. The van der Waals surface area contributed by atoms with E-state index in [1.807, 2.05) is 0 Å². The van der Waals surface area contributed by atoms with Crippen molar-refractivity contribution in [3.8, 4) is 0 Å². The van der Waals surface area contributed by atoms with Gasteiger partial charge in [-0.2, -0.15) is 0 Å². The van der Waals surface area contributed by atoms with Crippen LogP contribution in [-0.4, -0.2) is 36.7 Å². The van der Waals surface area contributed by atoms with Gasteiger partial charge in [0.2, 0.25) is 0 Å². The van der Waals surface area contributed by atoms with Crippen molar-refractivity contribution in [2.75, 3.05) is 19.4 Å². The van der Waals surface area contributed by atoms with Crippen LogP contribution in [0.1, 0.15) is 15.9 Å². The van der Waals surface area contributed by atoms with E-state index in [1.165, 1.54) is 7.11 Å². The van der Waals surface area contributed by atoms with Crippen LogP contribution in [0, 0.1) is 6.92 Å². The highest BCUT2D eigenvalue weighted by Gasteiger charge is 2.17. The van der Waals surface area contributed by atoms with Crippen LogP contribution in [-0.2, 0) is 9.53 Å². The Labute approximate surface area is 105 Å². The number of carbonyl (C=O) groups excluding carboxylic acids is 1. The number of amides is 1. The fourth-order valence-electron chi connectivity index (χ4n) is 1.38. The number of hydrogen-bond donors (Lipinski definition) is 3. The lowest BCUT2D eigenvalue weighted by molar-refractivity contribution is -0.148. The number of carboxylic acids is 1. The number of aliphatic carboxylic acids is 1. The van der Waals surface area contributed by atoms with Crippen molar-refractivity contribution in [1.29, 1.82) is 0 Å². The Bertz CT molecular complexity index is 459. The minimum Gasteiger partial charge on any atom is -0.479 e. The van der Waals surface area contributed by atoms with E-state index in [1.54, 1.807) is 25.1 Å². The zero-order valence-electron chi connectivity index (χ0n) is 10.3.